The van der Waals surface area contributed by atoms with E-state index in [1.807, 2.05) is 56.3 Å². The molecule has 0 fully saturated rings. The highest BCUT2D eigenvalue weighted by molar-refractivity contribution is 8.00. The van der Waals surface area contributed by atoms with Gasteiger partial charge in [0.25, 0.3) is 11.8 Å². The van der Waals surface area contributed by atoms with Gasteiger partial charge in [-0.25, -0.2) is 0 Å². The third-order valence-corrected chi connectivity index (χ3v) is 8.41. The Hall–Kier alpha value is -5.25. The number of nitrogens with one attached hydrogen (secondary N) is 3. The second kappa shape index (κ2) is 15.4. The minimum absolute atomic E-state index is 0.0140. The maximum absolute atomic E-state index is 13.5. The molecule has 238 valence electrons. The van der Waals surface area contributed by atoms with E-state index in [9.17, 15) is 14.4 Å². The summed E-state index contributed by atoms with van der Waals surface area (Å²) in [6.45, 7) is 3.72. The van der Waals surface area contributed by atoms with E-state index in [2.05, 4.69) is 16.0 Å². The summed E-state index contributed by atoms with van der Waals surface area (Å²) in [5.74, 6) is 0.386. The summed E-state index contributed by atoms with van der Waals surface area (Å²) in [7, 11) is 1.58. The van der Waals surface area contributed by atoms with Crippen molar-refractivity contribution < 1.29 is 23.5 Å². The highest BCUT2D eigenvalue weighted by Crippen LogP contribution is 2.32. The zero-order valence-corrected chi connectivity index (χ0v) is 27.4. The largest absolute Gasteiger partial charge is 0.496 e. The second-order valence-corrected chi connectivity index (χ2v) is 12.3. The molecular weight excluding hydrogens is 634 g/mol. The average Bonchev–Trinajstić information content (AvgIpc) is 3.55. The molecule has 47 heavy (non-hydrogen) atoms. The Bertz CT molecular complexity index is 1920. The number of furan rings is 1. The van der Waals surface area contributed by atoms with E-state index in [4.69, 9.17) is 20.8 Å². The molecule has 3 amide bonds. The van der Waals surface area contributed by atoms with Gasteiger partial charge in [0.15, 0.2) is 0 Å². The Morgan fingerprint density at radius 2 is 1.60 bits per heavy atom. The van der Waals surface area contributed by atoms with Gasteiger partial charge < -0.3 is 25.1 Å². The summed E-state index contributed by atoms with van der Waals surface area (Å²) in [5.41, 5.74) is 3.21. The number of aryl methyl sites for hydroxylation is 1. The van der Waals surface area contributed by atoms with Crippen molar-refractivity contribution in [2.75, 3.05) is 17.7 Å². The molecule has 3 N–H and O–H groups in total. The number of anilines is 2. The molecule has 4 aromatic carbocycles. The molecule has 0 saturated carbocycles. The van der Waals surface area contributed by atoms with Crippen LogP contribution in [0.5, 0.6) is 5.75 Å². The van der Waals surface area contributed by atoms with Crippen LogP contribution in [0.2, 0.25) is 5.02 Å². The van der Waals surface area contributed by atoms with Crippen molar-refractivity contribution in [1.82, 2.24) is 5.32 Å². The number of benzene rings is 4. The number of hydrogen-bond donors (Lipinski definition) is 3. The molecule has 0 aliphatic heterocycles. The molecule has 0 saturated heterocycles. The summed E-state index contributed by atoms with van der Waals surface area (Å²) >= 11 is 7.47. The fourth-order valence-corrected chi connectivity index (χ4v) is 5.58. The molecule has 0 unspecified atom stereocenters. The van der Waals surface area contributed by atoms with Gasteiger partial charge in [-0.3, -0.25) is 14.4 Å². The fraction of sp³-hybridized carbons (Fsp3) is 0.108. The summed E-state index contributed by atoms with van der Waals surface area (Å²) in [5, 5.41) is 8.63. The molecule has 8 nitrogen and oxygen atoms in total. The highest BCUT2D eigenvalue weighted by atomic mass is 35.5. The predicted molar refractivity (Wildman–Crippen MR) is 188 cm³/mol. The van der Waals surface area contributed by atoms with E-state index >= 15 is 0 Å². The summed E-state index contributed by atoms with van der Waals surface area (Å²) in [6, 6.07) is 31.9. The Kier molecular flexibility index (Phi) is 10.8. The lowest BCUT2D eigenvalue weighted by Crippen LogP contribution is -2.30. The van der Waals surface area contributed by atoms with Crippen LogP contribution in [-0.2, 0) is 9.59 Å². The van der Waals surface area contributed by atoms with E-state index in [0.717, 1.165) is 16.0 Å². The molecule has 1 heterocycles. The molecule has 1 aromatic heterocycles. The lowest BCUT2D eigenvalue weighted by molar-refractivity contribution is -0.115. The molecule has 0 bridgehead atoms. The van der Waals surface area contributed by atoms with Gasteiger partial charge in [0, 0.05) is 32.9 Å². The fourth-order valence-electron chi connectivity index (χ4n) is 4.54. The molecule has 10 heteroatoms. The second-order valence-electron chi connectivity index (χ2n) is 10.5. The van der Waals surface area contributed by atoms with Crippen LogP contribution >= 0.6 is 23.4 Å². The maximum Gasteiger partial charge on any atom is 0.272 e. The molecule has 0 spiro atoms. The van der Waals surface area contributed by atoms with Crippen molar-refractivity contribution in [2.45, 2.75) is 24.0 Å². The zero-order valence-electron chi connectivity index (χ0n) is 25.9. The van der Waals surface area contributed by atoms with Crippen molar-refractivity contribution in [1.29, 1.82) is 0 Å². The van der Waals surface area contributed by atoms with Gasteiger partial charge >= 0.3 is 0 Å². The predicted octanol–water partition coefficient (Wildman–Crippen LogP) is 8.45. The van der Waals surface area contributed by atoms with Crippen LogP contribution in [0.4, 0.5) is 11.4 Å². The molecule has 5 rings (SSSR count). The van der Waals surface area contributed by atoms with Gasteiger partial charge in [-0.1, -0.05) is 48.0 Å². The van der Waals surface area contributed by atoms with Gasteiger partial charge in [0.1, 0.15) is 23.0 Å². The Morgan fingerprint density at radius 3 is 2.34 bits per heavy atom. The van der Waals surface area contributed by atoms with E-state index in [-0.39, 0.29) is 11.6 Å². The van der Waals surface area contributed by atoms with Crippen molar-refractivity contribution in [3.05, 3.63) is 137 Å². The van der Waals surface area contributed by atoms with Crippen LogP contribution in [-0.4, -0.2) is 30.1 Å². The van der Waals surface area contributed by atoms with Crippen molar-refractivity contribution in [3.8, 4) is 17.1 Å². The van der Waals surface area contributed by atoms with Crippen LogP contribution in [0.25, 0.3) is 17.4 Å². The molecule has 0 aliphatic carbocycles. The standard InChI is InChI=1S/C37H32ClN3O5S/c1-23-13-14-26(38)21-31(23)40-35(42)24(2)47-29-18-15-27(16-19-29)39-37(44)32(41-36(43)25-9-5-4-6-10-25)22-28-17-20-34(46-28)30-11-7-8-12-33(30)45-3/h4-22,24H,1-3H3,(H,39,44)(H,40,42)(H,41,43)/b32-22-/t24-/m1/s1. The third kappa shape index (κ3) is 8.72. The maximum atomic E-state index is 13.5. The van der Waals surface area contributed by atoms with Crippen LogP contribution in [0.1, 0.15) is 28.6 Å². The lowest BCUT2D eigenvalue weighted by Gasteiger charge is -2.14. The number of amides is 3. The lowest BCUT2D eigenvalue weighted by atomic mass is 10.1. The number of rotatable bonds is 11. The van der Waals surface area contributed by atoms with Gasteiger partial charge in [-0.2, -0.15) is 0 Å². The Balaban J connectivity index is 1.30. The van der Waals surface area contributed by atoms with Crippen molar-refractivity contribution in [2.24, 2.45) is 0 Å². The molecule has 0 radical (unpaired) electrons. The highest BCUT2D eigenvalue weighted by Gasteiger charge is 2.18. The minimum atomic E-state index is -0.547. The SMILES string of the molecule is COc1ccccc1-c1ccc(/C=C(\NC(=O)c2ccccc2)C(=O)Nc2ccc(S[C@H](C)C(=O)Nc3cc(Cl)ccc3C)cc2)o1. The van der Waals surface area contributed by atoms with Gasteiger partial charge in [0.2, 0.25) is 5.91 Å². The molecule has 1 atom stereocenters. The number of ether oxygens (including phenoxy) is 1. The third-order valence-electron chi connectivity index (χ3n) is 7.07. The number of carbonyl (C=O) groups is 3. The van der Waals surface area contributed by atoms with E-state index < -0.39 is 17.1 Å². The molecule has 5 aromatic rings. The molecule has 0 aliphatic rings. The Morgan fingerprint density at radius 1 is 0.872 bits per heavy atom. The monoisotopic (exact) mass is 665 g/mol. The van der Waals surface area contributed by atoms with E-state index in [1.165, 1.54) is 17.8 Å². The number of thioether (sulfide) groups is 1. The van der Waals surface area contributed by atoms with Crippen molar-refractivity contribution >= 4 is 58.5 Å². The average molecular weight is 666 g/mol. The van der Waals surface area contributed by atoms with Gasteiger partial charge in [0.05, 0.1) is 17.9 Å². The van der Waals surface area contributed by atoms with E-state index in [0.29, 0.717) is 39.2 Å². The summed E-state index contributed by atoms with van der Waals surface area (Å²) < 4.78 is 11.5. The first kappa shape index (κ1) is 33.1. The first-order valence-electron chi connectivity index (χ1n) is 14.7. The smallest absolute Gasteiger partial charge is 0.272 e. The topological polar surface area (TPSA) is 110 Å². The van der Waals surface area contributed by atoms with Crippen LogP contribution in [0.3, 0.4) is 0 Å². The van der Waals surface area contributed by atoms with E-state index in [1.54, 1.807) is 73.8 Å². The first-order valence-corrected chi connectivity index (χ1v) is 15.9. The molecular formula is C37H32ClN3O5S. The summed E-state index contributed by atoms with van der Waals surface area (Å²) in [6.07, 6.45) is 1.47. The number of methoxy groups -OCH3 is 1. The zero-order chi connectivity index (χ0) is 33.3. The van der Waals surface area contributed by atoms with Gasteiger partial charge in [-0.05, 0) is 92.2 Å². The first-order chi connectivity index (χ1) is 22.7. The minimum Gasteiger partial charge on any atom is -0.496 e. The van der Waals surface area contributed by atoms with Crippen LogP contribution in [0, 0.1) is 6.92 Å². The number of hydrogen-bond acceptors (Lipinski definition) is 6. The van der Waals surface area contributed by atoms with Crippen LogP contribution in [0.15, 0.2) is 124 Å². The number of halogens is 1. The number of para-hydroxylation sites is 1. The Labute approximate surface area is 282 Å². The normalized spacial score (nSPS) is 11.8. The van der Waals surface area contributed by atoms with Gasteiger partial charge in [-0.15, -0.1) is 11.8 Å². The quantitative estimate of drug-likeness (QED) is 0.0965. The summed E-state index contributed by atoms with van der Waals surface area (Å²) in [4.78, 5) is 40.2. The van der Waals surface area contributed by atoms with Crippen molar-refractivity contribution in [3.63, 3.8) is 0 Å². The van der Waals surface area contributed by atoms with Crippen LogP contribution < -0.4 is 20.7 Å². The number of carbonyl (C=O) groups excluding carboxylic acids is 3.